The topological polar surface area (TPSA) is 96.2 Å². The van der Waals surface area contributed by atoms with Crippen LogP contribution >= 0.6 is 0 Å². The largest absolute Gasteiger partial charge is 0.339 e. The first-order chi connectivity index (χ1) is 13.8. The summed E-state index contributed by atoms with van der Waals surface area (Å²) < 4.78 is 3.23. The number of piperazine rings is 1. The number of carbonyl (C=O) groups excluding carboxylic acids is 1. The molecule has 1 aliphatic heterocycles. The van der Waals surface area contributed by atoms with Crippen molar-refractivity contribution in [1.82, 2.24) is 24.0 Å². The maximum absolute atomic E-state index is 12.7. The molecule has 9 nitrogen and oxygen atoms in total. The van der Waals surface area contributed by atoms with Gasteiger partial charge in [-0.1, -0.05) is 29.8 Å². The highest BCUT2D eigenvalue weighted by atomic mass is 16.2. The van der Waals surface area contributed by atoms with Crippen molar-refractivity contribution in [2.45, 2.75) is 20.4 Å². The summed E-state index contributed by atoms with van der Waals surface area (Å²) in [5, 5.41) is 0. The molecule has 0 atom stereocenters. The van der Waals surface area contributed by atoms with Crippen LogP contribution in [0, 0.1) is 6.92 Å². The molecule has 0 aliphatic carbocycles. The van der Waals surface area contributed by atoms with Crippen molar-refractivity contribution in [3.8, 4) is 0 Å². The molecule has 29 heavy (non-hydrogen) atoms. The summed E-state index contributed by atoms with van der Waals surface area (Å²) in [6, 6.07) is 8.08. The van der Waals surface area contributed by atoms with Crippen molar-refractivity contribution in [3.05, 3.63) is 56.2 Å². The van der Waals surface area contributed by atoms with E-state index >= 15 is 0 Å². The molecule has 1 aliphatic rings. The zero-order valence-corrected chi connectivity index (χ0v) is 16.8. The van der Waals surface area contributed by atoms with Crippen molar-refractivity contribution in [2.24, 2.45) is 7.05 Å². The lowest BCUT2D eigenvalue weighted by atomic mass is 10.1. The summed E-state index contributed by atoms with van der Waals surface area (Å²) in [6.07, 6.45) is 0. The third-order valence-corrected chi connectivity index (χ3v) is 5.42. The van der Waals surface area contributed by atoms with Crippen LogP contribution in [0.15, 0.2) is 33.9 Å². The molecule has 0 bridgehead atoms. The predicted octanol–water partition coefficient (Wildman–Crippen LogP) is 0.449. The number of amides is 1. The van der Waals surface area contributed by atoms with E-state index in [2.05, 4.69) is 20.9 Å². The zero-order chi connectivity index (χ0) is 20.7. The van der Waals surface area contributed by atoms with Crippen LogP contribution in [0.25, 0.3) is 11.2 Å². The van der Waals surface area contributed by atoms with Crippen LogP contribution in [0.5, 0.6) is 0 Å². The first-order valence-corrected chi connectivity index (χ1v) is 9.60. The molecular weight excluding hydrogens is 372 g/mol. The van der Waals surface area contributed by atoms with E-state index in [-0.39, 0.29) is 5.91 Å². The van der Waals surface area contributed by atoms with E-state index < -0.39 is 11.2 Å². The fraction of sp³-hybridized carbons (Fsp3) is 0.400. The number of carbonyl (C=O) groups is 1. The molecule has 1 N–H and O–H groups in total. The number of fused-ring (bicyclic) bond motifs is 1. The van der Waals surface area contributed by atoms with E-state index in [0.717, 1.165) is 11.1 Å². The maximum atomic E-state index is 12.7. The van der Waals surface area contributed by atoms with E-state index in [0.29, 0.717) is 49.8 Å². The molecule has 2 aromatic heterocycles. The van der Waals surface area contributed by atoms with Gasteiger partial charge < -0.3 is 9.80 Å². The van der Waals surface area contributed by atoms with E-state index in [1.54, 1.807) is 18.9 Å². The zero-order valence-electron chi connectivity index (χ0n) is 16.8. The van der Waals surface area contributed by atoms with Gasteiger partial charge in [-0.25, -0.2) is 4.79 Å². The molecule has 1 aromatic carbocycles. The number of anilines is 1. The van der Waals surface area contributed by atoms with Crippen LogP contribution in [0.4, 0.5) is 5.95 Å². The fourth-order valence-corrected chi connectivity index (χ4v) is 3.83. The van der Waals surface area contributed by atoms with Gasteiger partial charge in [0.1, 0.15) is 0 Å². The summed E-state index contributed by atoms with van der Waals surface area (Å²) in [5.41, 5.74) is 1.96. The molecule has 3 aromatic rings. The van der Waals surface area contributed by atoms with Crippen molar-refractivity contribution >= 4 is 23.0 Å². The molecule has 4 rings (SSSR count). The number of nitrogens with one attached hydrogen (secondary N) is 1. The Bertz CT molecular complexity index is 1200. The number of imidazole rings is 1. The van der Waals surface area contributed by atoms with E-state index in [9.17, 15) is 14.4 Å². The van der Waals surface area contributed by atoms with Gasteiger partial charge in [-0.15, -0.1) is 0 Å². The highest BCUT2D eigenvalue weighted by Crippen LogP contribution is 2.22. The fourth-order valence-electron chi connectivity index (χ4n) is 3.83. The van der Waals surface area contributed by atoms with Gasteiger partial charge >= 0.3 is 5.69 Å². The van der Waals surface area contributed by atoms with Crippen LogP contribution in [0.1, 0.15) is 18.1 Å². The number of hydrogen-bond donors (Lipinski definition) is 1. The summed E-state index contributed by atoms with van der Waals surface area (Å²) >= 11 is 0. The second-order valence-electron chi connectivity index (χ2n) is 7.47. The first-order valence-electron chi connectivity index (χ1n) is 9.60. The smallest absolute Gasteiger partial charge is 0.329 e. The Labute approximate surface area is 167 Å². The van der Waals surface area contributed by atoms with Crippen LogP contribution in [0.2, 0.25) is 0 Å². The van der Waals surface area contributed by atoms with Gasteiger partial charge in [-0.2, -0.15) is 4.98 Å². The lowest BCUT2D eigenvalue weighted by molar-refractivity contribution is -0.129. The number of rotatable bonds is 3. The molecule has 152 valence electrons. The first kappa shape index (κ1) is 19.0. The number of aromatic nitrogens is 4. The van der Waals surface area contributed by atoms with Gasteiger partial charge in [0.05, 0.1) is 6.54 Å². The Kier molecular flexibility index (Phi) is 4.73. The Morgan fingerprint density at radius 2 is 1.90 bits per heavy atom. The quantitative estimate of drug-likeness (QED) is 0.693. The van der Waals surface area contributed by atoms with Crippen molar-refractivity contribution in [3.63, 3.8) is 0 Å². The monoisotopic (exact) mass is 396 g/mol. The number of aromatic amines is 1. The SMILES string of the molecule is CC(=O)N1CCN(c2nc3c(c(=O)[nH]c(=O)n3C)n2Cc2cccc(C)c2)CC1. The number of hydrogen-bond acceptors (Lipinski definition) is 5. The van der Waals surface area contributed by atoms with E-state index in [1.165, 1.54) is 4.57 Å². The lowest BCUT2D eigenvalue weighted by Crippen LogP contribution is -2.48. The average Bonchev–Trinajstić information content (AvgIpc) is 3.06. The molecule has 0 spiro atoms. The van der Waals surface area contributed by atoms with Crippen molar-refractivity contribution < 1.29 is 4.79 Å². The summed E-state index contributed by atoms with van der Waals surface area (Å²) in [4.78, 5) is 47.3. The normalized spacial score (nSPS) is 14.6. The third kappa shape index (κ3) is 3.43. The van der Waals surface area contributed by atoms with Gasteiger partial charge in [-0.3, -0.25) is 23.7 Å². The van der Waals surface area contributed by atoms with E-state index in [1.807, 2.05) is 29.7 Å². The van der Waals surface area contributed by atoms with Crippen LogP contribution in [-0.2, 0) is 18.4 Å². The molecule has 0 unspecified atom stereocenters. The third-order valence-electron chi connectivity index (χ3n) is 5.42. The maximum Gasteiger partial charge on any atom is 0.329 e. The predicted molar refractivity (Wildman–Crippen MR) is 110 cm³/mol. The highest BCUT2D eigenvalue weighted by Gasteiger charge is 2.25. The van der Waals surface area contributed by atoms with Gasteiger partial charge in [0.15, 0.2) is 11.2 Å². The van der Waals surface area contributed by atoms with Gasteiger partial charge in [0, 0.05) is 40.2 Å². The van der Waals surface area contributed by atoms with Gasteiger partial charge in [0.2, 0.25) is 11.9 Å². The number of nitrogens with zero attached hydrogens (tertiary/aromatic N) is 5. The lowest BCUT2D eigenvalue weighted by Gasteiger charge is -2.35. The summed E-state index contributed by atoms with van der Waals surface area (Å²) in [7, 11) is 1.60. The summed E-state index contributed by atoms with van der Waals surface area (Å²) in [6.45, 7) is 6.47. The number of H-pyrrole nitrogens is 1. The Morgan fingerprint density at radius 1 is 1.17 bits per heavy atom. The molecule has 3 heterocycles. The second kappa shape index (κ2) is 7.23. The number of aryl methyl sites for hydroxylation is 2. The Balaban J connectivity index is 1.84. The van der Waals surface area contributed by atoms with Crippen LogP contribution in [-0.4, -0.2) is 56.1 Å². The van der Waals surface area contributed by atoms with Crippen molar-refractivity contribution in [2.75, 3.05) is 31.1 Å². The van der Waals surface area contributed by atoms with Crippen LogP contribution < -0.4 is 16.1 Å². The Hall–Kier alpha value is -3.36. The molecule has 1 amide bonds. The minimum Gasteiger partial charge on any atom is -0.339 e. The Morgan fingerprint density at radius 3 is 2.55 bits per heavy atom. The number of benzene rings is 1. The second-order valence-corrected chi connectivity index (χ2v) is 7.47. The molecule has 0 radical (unpaired) electrons. The standard InChI is InChI=1S/C20H24N6O3/c1-13-5-4-6-15(11-13)12-26-16-17(23(3)20(29)22-18(16)28)21-19(26)25-9-7-24(8-10-25)14(2)27/h4-6,11H,7-10,12H2,1-3H3,(H,22,28,29). The molecule has 1 saturated heterocycles. The molecule has 1 fully saturated rings. The average molecular weight is 396 g/mol. The molecular formula is C20H24N6O3. The minimum absolute atomic E-state index is 0.0526. The summed E-state index contributed by atoms with van der Waals surface area (Å²) in [5.74, 6) is 0.688. The minimum atomic E-state index is -0.490. The molecule has 9 heteroatoms. The molecule has 0 saturated carbocycles. The highest BCUT2D eigenvalue weighted by molar-refractivity contribution is 5.75. The van der Waals surface area contributed by atoms with Crippen LogP contribution in [0.3, 0.4) is 0 Å². The van der Waals surface area contributed by atoms with E-state index in [4.69, 9.17) is 0 Å². The van der Waals surface area contributed by atoms with Crippen molar-refractivity contribution in [1.29, 1.82) is 0 Å². The van der Waals surface area contributed by atoms with Gasteiger partial charge in [0.25, 0.3) is 5.56 Å². The van der Waals surface area contributed by atoms with Gasteiger partial charge in [-0.05, 0) is 12.5 Å².